The Morgan fingerprint density at radius 2 is 0.784 bits per heavy atom. The lowest BCUT2D eigenvalue weighted by atomic mass is 10.1. The predicted molar refractivity (Wildman–Crippen MR) is 205 cm³/mol. The highest BCUT2D eigenvalue weighted by Crippen LogP contribution is 2.40. The van der Waals surface area contributed by atoms with Gasteiger partial charge in [-0.3, -0.25) is 0 Å². The van der Waals surface area contributed by atoms with Crippen molar-refractivity contribution < 1.29 is 8.83 Å². The first-order valence-electron chi connectivity index (χ1n) is 16.9. The van der Waals surface area contributed by atoms with Crippen molar-refractivity contribution in [1.29, 1.82) is 0 Å². The molecule has 0 saturated heterocycles. The van der Waals surface area contributed by atoms with Crippen LogP contribution in [0.5, 0.6) is 0 Å². The van der Waals surface area contributed by atoms with Crippen molar-refractivity contribution in [3.8, 4) is 39.9 Å². The van der Waals surface area contributed by atoms with Gasteiger partial charge in [-0.1, -0.05) is 97.1 Å². The maximum Gasteiger partial charge on any atom is 0.164 e. The lowest BCUT2D eigenvalue weighted by molar-refractivity contribution is 0.664. The van der Waals surface area contributed by atoms with Gasteiger partial charge in [0, 0.05) is 54.7 Å². The van der Waals surface area contributed by atoms with Gasteiger partial charge in [0.05, 0.1) is 11.0 Å². The molecule has 0 N–H and O–H groups in total. The van der Waals surface area contributed by atoms with E-state index in [1.165, 1.54) is 21.8 Å². The lowest BCUT2D eigenvalue weighted by Crippen LogP contribution is -2.00. The molecule has 4 heterocycles. The van der Waals surface area contributed by atoms with Crippen LogP contribution in [-0.2, 0) is 0 Å². The summed E-state index contributed by atoms with van der Waals surface area (Å²) in [5.41, 5.74) is 9.40. The molecule has 0 fully saturated rings. The quantitative estimate of drug-likeness (QED) is 0.189. The highest BCUT2D eigenvalue weighted by atomic mass is 16.3. The Hall–Kier alpha value is -7.05. The number of benzene rings is 7. The fraction of sp³-hybridized carbons (Fsp3) is 0. The van der Waals surface area contributed by atoms with Crippen LogP contribution in [0.25, 0.3) is 106 Å². The zero-order valence-corrected chi connectivity index (χ0v) is 27.1. The summed E-state index contributed by atoms with van der Waals surface area (Å²) < 4.78 is 15.3. The minimum Gasteiger partial charge on any atom is -0.456 e. The number of hydrogen-bond acceptors (Lipinski definition) is 5. The van der Waals surface area contributed by atoms with Crippen molar-refractivity contribution in [2.24, 2.45) is 0 Å². The third kappa shape index (κ3) is 4.33. The summed E-state index contributed by atoms with van der Waals surface area (Å²) in [5, 5.41) is 6.47. The van der Waals surface area contributed by atoms with E-state index in [0.29, 0.717) is 17.5 Å². The summed E-state index contributed by atoms with van der Waals surface area (Å²) in [7, 11) is 0. The number of nitrogens with zero attached hydrogens (tertiary/aromatic N) is 4. The Kier molecular flexibility index (Phi) is 5.86. The van der Waals surface area contributed by atoms with Crippen LogP contribution in [-0.4, -0.2) is 19.5 Å². The molecule has 11 rings (SSSR count). The molecule has 0 radical (unpaired) electrons. The van der Waals surface area contributed by atoms with E-state index < -0.39 is 0 Å². The molecular weight excluding hydrogens is 629 g/mol. The van der Waals surface area contributed by atoms with E-state index in [-0.39, 0.29) is 0 Å². The van der Waals surface area contributed by atoms with E-state index in [4.69, 9.17) is 23.8 Å². The van der Waals surface area contributed by atoms with Gasteiger partial charge in [0.25, 0.3) is 0 Å². The van der Waals surface area contributed by atoms with Crippen molar-refractivity contribution in [3.05, 3.63) is 158 Å². The van der Waals surface area contributed by atoms with Crippen molar-refractivity contribution in [2.75, 3.05) is 0 Å². The molecule has 0 spiro atoms. The summed E-state index contributed by atoms with van der Waals surface area (Å²) in [6.07, 6.45) is 0. The van der Waals surface area contributed by atoms with Crippen molar-refractivity contribution in [2.45, 2.75) is 0 Å². The molecule has 7 aromatic carbocycles. The van der Waals surface area contributed by atoms with Crippen molar-refractivity contribution in [1.82, 2.24) is 19.5 Å². The number of hydrogen-bond donors (Lipinski definition) is 0. The fourth-order valence-corrected chi connectivity index (χ4v) is 7.45. The van der Waals surface area contributed by atoms with Gasteiger partial charge in [0.2, 0.25) is 0 Å². The van der Waals surface area contributed by atoms with Gasteiger partial charge in [-0.15, -0.1) is 0 Å². The van der Waals surface area contributed by atoms with Gasteiger partial charge < -0.3 is 13.4 Å². The van der Waals surface area contributed by atoms with Gasteiger partial charge in [0.15, 0.2) is 17.5 Å². The first kappa shape index (κ1) is 27.9. The Morgan fingerprint density at radius 3 is 1.35 bits per heavy atom. The molecule has 0 unspecified atom stereocenters. The first-order valence-corrected chi connectivity index (χ1v) is 16.9. The van der Waals surface area contributed by atoms with Crippen molar-refractivity contribution >= 4 is 65.7 Å². The third-order valence-electron chi connectivity index (χ3n) is 9.84. The Labute approximate surface area is 290 Å². The van der Waals surface area contributed by atoms with Crippen LogP contribution >= 0.6 is 0 Å². The number of aromatic nitrogens is 4. The van der Waals surface area contributed by atoms with Gasteiger partial charge in [-0.05, 0) is 60.7 Å². The van der Waals surface area contributed by atoms with Gasteiger partial charge in [-0.25, -0.2) is 15.0 Å². The van der Waals surface area contributed by atoms with Crippen LogP contribution in [0.15, 0.2) is 167 Å². The average molecular weight is 655 g/mol. The molecule has 238 valence electrons. The Bertz CT molecular complexity index is 3030. The van der Waals surface area contributed by atoms with Crippen molar-refractivity contribution in [3.63, 3.8) is 0 Å². The topological polar surface area (TPSA) is 69.9 Å². The number of furan rings is 2. The summed E-state index contributed by atoms with van der Waals surface area (Å²) in [5.74, 6) is 1.85. The molecule has 4 aromatic heterocycles. The van der Waals surface area contributed by atoms with E-state index in [1.807, 2.05) is 72.8 Å². The van der Waals surface area contributed by atoms with Crippen LogP contribution in [0.4, 0.5) is 0 Å². The summed E-state index contributed by atoms with van der Waals surface area (Å²) in [6, 6.07) is 53.9. The molecule has 0 amide bonds. The molecule has 0 aliphatic heterocycles. The first-order chi connectivity index (χ1) is 25.2. The minimum atomic E-state index is 0.598. The maximum atomic E-state index is 6.49. The molecule has 0 aliphatic carbocycles. The molecule has 0 bridgehead atoms. The summed E-state index contributed by atoms with van der Waals surface area (Å²) >= 11 is 0. The second-order valence-corrected chi connectivity index (χ2v) is 12.8. The normalized spacial score (nSPS) is 11.9. The SMILES string of the molecule is c1ccc(-c2nc(-c3ccccc3)nc(-c3ccc4oc5cc6c(cc5c4c3)oc3ccc(-n4c5ccccc5c5ccccc54)cc36)n2)cc1. The van der Waals surface area contributed by atoms with Crippen LogP contribution in [0.2, 0.25) is 0 Å². The molecule has 0 aliphatic rings. The third-order valence-corrected chi connectivity index (χ3v) is 9.84. The average Bonchev–Trinajstić information content (AvgIpc) is 3.86. The van der Waals surface area contributed by atoms with E-state index in [9.17, 15) is 0 Å². The summed E-state index contributed by atoms with van der Waals surface area (Å²) in [6.45, 7) is 0. The van der Waals surface area contributed by atoms with Gasteiger partial charge >= 0.3 is 0 Å². The molecule has 0 atom stereocenters. The smallest absolute Gasteiger partial charge is 0.164 e. The van der Waals surface area contributed by atoms with Crippen LogP contribution < -0.4 is 0 Å². The highest BCUT2D eigenvalue weighted by Gasteiger charge is 2.18. The molecular formula is C45H26N4O2. The molecule has 0 saturated carbocycles. The fourth-order valence-electron chi connectivity index (χ4n) is 7.45. The molecule has 11 aromatic rings. The largest absolute Gasteiger partial charge is 0.456 e. The molecule has 51 heavy (non-hydrogen) atoms. The van der Waals surface area contributed by atoms with Crippen LogP contribution in [0.3, 0.4) is 0 Å². The standard InChI is InChI=1S/C45H26N4O2/c1-3-11-27(12-4-1)43-46-44(28-13-5-2-6-14-28)48-45(47-43)29-19-21-39-33(23-29)35-25-42-36(26-41(35)50-39)34-24-30(20-22-40(34)51-42)49-37-17-9-7-15-31(37)32-16-8-10-18-38(32)49/h1-26H. The highest BCUT2D eigenvalue weighted by molar-refractivity contribution is 6.16. The van der Waals surface area contributed by atoms with E-state index >= 15 is 0 Å². The van der Waals surface area contributed by atoms with E-state index in [2.05, 4.69) is 89.5 Å². The second kappa shape index (κ2) is 10.7. The number of para-hydroxylation sites is 2. The van der Waals surface area contributed by atoms with Gasteiger partial charge in [-0.2, -0.15) is 0 Å². The Balaban J connectivity index is 1.07. The van der Waals surface area contributed by atoms with Crippen LogP contribution in [0, 0.1) is 0 Å². The van der Waals surface area contributed by atoms with E-state index in [0.717, 1.165) is 66.3 Å². The predicted octanol–water partition coefficient (Wildman–Crippen LogP) is 11.8. The maximum absolute atomic E-state index is 6.49. The number of rotatable bonds is 4. The van der Waals surface area contributed by atoms with E-state index in [1.54, 1.807) is 0 Å². The van der Waals surface area contributed by atoms with Crippen LogP contribution in [0.1, 0.15) is 0 Å². The monoisotopic (exact) mass is 654 g/mol. The zero-order valence-electron chi connectivity index (χ0n) is 27.1. The zero-order chi connectivity index (χ0) is 33.5. The number of fused-ring (bicyclic) bond motifs is 9. The summed E-state index contributed by atoms with van der Waals surface area (Å²) in [4.78, 5) is 14.7. The lowest BCUT2D eigenvalue weighted by Gasteiger charge is -2.08. The molecule has 6 nitrogen and oxygen atoms in total. The minimum absolute atomic E-state index is 0.598. The Morgan fingerprint density at radius 1 is 0.333 bits per heavy atom. The second-order valence-electron chi connectivity index (χ2n) is 12.8. The molecule has 6 heteroatoms. The van der Waals surface area contributed by atoms with Gasteiger partial charge in [0.1, 0.15) is 22.3 Å².